The predicted octanol–water partition coefficient (Wildman–Crippen LogP) is 0.131. The van der Waals surface area contributed by atoms with Crippen LogP contribution in [0.15, 0.2) is 4.99 Å². The average Bonchev–Trinajstić information content (AvgIpc) is 3.06. The van der Waals surface area contributed by atoms with Gasteiger partial charge in [0.25, 0.3) is 0 Å². The van der Waals surface area contributed by atoms with E-state index >= 15 is 0 Å². The van der Waals surface area contributed by atoms with Crippen LogP contribution < -0.4 is 10.6 Å². The molecule has 0 aromatic carbocycles. The zero-order chi connectivity index (χ0) is 17.6. The van der Waals surface area contributed by atoms with Crippen LogP contribution in [-0.2, 0) is 9.53 Å². The first-order chi connectivity index (χ1) is 11.5. The van der Waals surface area contributed by atoms with Gasteiger partial charge in [-0.3, -0.25) is 14.7 Å². The van der Waals surface area contributed by atoms with Gasteiger partial charge in [0.1, 0.15) is 0 Å². The summed E-state index contributed by atoms with van der Waals surface area (Å²) in [5, 5.41) is 6.28. The Balaban J connectivity index is 1.85. The second-order valence-corrected chi connectivity index (χ2v) is 7.18. The number of hydrogen-bond acceptors (Lipinski definition) is 4. The first kappa shape index (κ1) is 19.0. The van der Waals surface area contributed by atoms with Gasteiger partial charge in [0.2, 0.25) is 5.91 Å². The second-order valence-electron chi connectivity index (χ2n) is 7.18. The monoisotopic (exact) mass is 339 g/mol. The molecule has 7 heteroatoms. The van der Waals surface area contributed by atoms with E-state index in [1.54, 1.807) is 0 Å². The molecule has 2 rings (SSSR count). The summed E-state index contributed by atoms with van der Waals surface area (Å²) in [6, 6.07) is 0.573. The molecule has 0 aliphatic carbocycles. The maximum absolute atomic E-state index is 12.1. The molecule has 138 valence electrons. The van der Waals surface area contributed by atoms with E-state index in [4.69, 9.17) is 4.74 Å². The normalized spacial score (nSPS) is 23.4. The molecule has 1 atom stereocenters. The highest BCUT2D eigenvalue weighted by molar-refractivity contribution is 5.84. The highest BCUT2D eigenvalue weighted by Crippen LogP contribution is 2.18. The van der Waals surface area contributed by atoms with E-state index in [9.17, 15) is 4.79 Å². The fourth-order valence-corrected chi connectivity index (χ4v) is 3.29. The van der Waals surface area contributed by atoms with Crippen LogP contribution in [0.25, 0.3) is 0 Å². The molecule has 0 aromatic heterocycles. The average molecular weight is 339 g/mol. The number of carbonyl (C=O) groups is 1. The molecule has 1 unspecified atom stereocenters. The number of guanidine groups is 1. The number of nitrogens with one attached hydrogen (secondary N) is 2. The topological polar surface area (TPSA) is 69.2 Å². The van der Waals surface area contributed by atoms with Crippen LogP contribution in [0.3, 0.4) is 0 Å². The molecular weight excluding hydrogens is 306 g/mol. The number of aliphatic imine (C=N–C) groups is 1. The van der Waals surface area contributed by atoms with Gasteiger partial charge in [-0.2, -0.15) is 0 Å². The Bertz CT molecular complexity index is 446. The summed E-state index contributed by atoms with van der Waals surface area (Å²) in [6.07, 6.45) is 1.15. The fourth-order valence-electron chi connectivity index (χ4n) is 3.29. The summed E-state index contributed by atoms with van der Waals surface area (Å²) >= 11 is 0. The molecule has 2 aliphatic rings. The van der Waals surface area contributed by atoms with Gasteiger partial charge in [0, 0.05) is 52.4 Å². The fraction of sp³-hybridized carbons (Fsp3) is 0.882. The van der Waals surface area contributed by atoms with Crippen LogP contribution in [0.1, 0.15) is 27.2 Å². The third-order valence-electron chi connectivity index (χ3n) is 4.88. The first-order valence-electron chi connectivity index (χ1n) is 9.03. The number of likely N-dealkylation sites (tertiary alicyclic amines) is 1. The number of rotatable bonds is 5. The largest absolute Gasteiger partial charge is 0.379 e. The van der Waals surface area contributed by atoms with Crippen molar-refractivity contribution in [3.8, 4) is 0 Å². The standard InChI is InChI=1S/C17H33N5O2/c1-5-19-15(23)17(2,3)13-20-16(18-4)22-7-6-14(12-22)21-8-10-24-11-9-21/h14H,5-13H2,1-4H3,(H,18,20)(H,19,23). The maximum atomic E-state index is 12.1. The minimum atomic E-state index is -0.463. The lowest BCUT2D eigenvalue weighted by molar-refractivity contribution is -0.128. The lowest BCUT2D eigenvalue weighted by atomic mass is 9.92. The van der Waals surface area contributed by atoms with E-state index in [1.807, 2.05) is 27.8 Å². The van der Waals surface area contributed by atoms with Crippen molar-refractivity contribution >= 4 is 11.9 Å². The van der Waals surface area contributed by atoms with Gasteiger partial charge in [-0.05, 0) is 27.2 Å². The molecular formula is C17H33N5O2. The van der Waals surface area contributed by atoms with Crippen molar-refractivity contribution in [1.82, 2.24) is 20.4 Å². The minimum absolute atomic E-state index is 0.0700. The lowest BCUT2D eigenvalue weighted by Crippen LogP contribution is -2.50. The minimum Gasteiger partial charge on any atom is -0.379 e. The van der Waals surface area contributed by atoms with Gasteiger partial charge in [-0.25, -0.2) is 0 Å². The molecule has 0 bridgehead atoms. The Kier molecular flexibility index (Phi) is 6.86. The van der Waals surface area contributed by atoms with E-state index in [0.29, 0.717) is 19.1 Å². The molecule has 2 saturated heterocycles. The van der Waals surface area contributed by atoms with Gasteiger partial charge in [-0.1, -0.05) is 0 Å². The SMILES string of the molecule is CCNC(=O)C(C)(C)CNC(=NC)N1CCC(N2CCOCC2)C1. The molecule has 0 spiro atoms. The van der Waals surface area contributed by atoms with E-state index in [1.165, 1.54) is 0 Å². The zero-order valence-corrected chi connectivity index (χ0v) is 15.6. The van der Waals surface area contributed by atoms with Crippen molar-refractivity contribution in [1.29, 1.82) is 0 Å². The van der Waals surface area contributed by atoms with Gasteiger partial charge in [0.15, 0.2) is 5.96 Å². The van der Waals surface area contributed by atoms with Crippen molar-refractivity contribution in [2.45, 2.75) is 33.2 Å². The molecule has 0 aromatic rings. The third-order valence-corrected chi connectivity index (χ3v) is 4.88. The van der Waals surface area contributed by atoms with Crippen LogP contribution in [0, 0.1) is 5.41 Å². The Morgan fingerprint density at radius 2 is 1.96 bits per heavy atom. The van der Waals surface area contributed by atoms with Gasteiger partial charge in [-0.15, -0.1) is 0 Å². The summed E-state index contributed by atoms with van der Waals surface area (Å²) < 4.78 is 5.44. The lowest BCUT2D eigenvalue weighted by Gasteiger charge is -2.32. The zero-order valence-electron chi connectivity index (χ0n) is 15.6. The summed E-state index contributed by atoms with van der Waals surface area (Å²) in [6.45, 7) is 12.8. The summed E-state index contributed by atoms with van der Waals surface area (Å²) in [7, 11) is 1.81. The second kappa shape index (κ2) is 8.67. The summed E-state index contributed by atoms with van der Waals surface area (Å²) in [4.78, 5) is 21.4. The van der Waals surface area contributed by atoms with E-state index in [2.05, 4.69) is 25.4 Å². The van der Waals surface area contributed by atoms with Crippen LogP contribution in [0.4, 0.5) is 0 Å². The van der Waals surface area contributed by atoms with Crippen LogP contribution in [0.2, 0.25) is 0 Å². The Labute approximate surface area is 145 Å². The summed E-state index contributed by atoms with van der Waals surface area (Å²) in [5.41, 5.74) is -0.463. The van der Waals surface area contributed by atoms with Crippen LogP contribution in [-0.4, -0.2) is 87.2 Å². The number of nitrogens with zero attached hydrogens (tertiary/aromatic N) is 3. The number of ether oxygens (including phenoxy) is 1. The van der Waals surface area contributed by atoms with Gasteiger partial charge >= 0.3 is 0 Å². The van der Waals surface area contributed by atoms with Crippen LogP contribution in [0.5, 0.6) is 0 Å². The van der Waals surface area contributed by atoms with Crippen LogP contribution >= 0.6 is 0 Å². The number of carbonyl (C=O) groups excluding carboxylic acids is 1. The predicted molar refractivity (Wildman–Crippen MR) is 96.2 cm³/mol. The van der Waals surface area contributed by atoms with Crippen molar-refractivity contribution in [2.75, 3.05) is 59.5 Å². The molecule has 0 radical (unpaired) electrons. The van der Waals surface area contributed by atoms with Crippen molar-refractivity contribution in [2.24, 2.45) is 10.4 Å². The van der Waals surface area contributed by atoms with Crippen molar-refractivity contribution in [3.63, 3.8) is 0 Å². The van der Waals surface area contributed by atoms with Crippen molar-refractivity contribution in [3.05, 3.63) is 0 Å². The van der Waals surface area contributed by atoms with Gasteiger partial charge < -0.3 is 20.3 Å². The molecule has 24 heavy (non-hydrogen) atoms. The molecule has 2 N–H and O–H groups in total. The Hall–Kier alpha value is -1.34. The molecule has 2 heterocycles. The highest BCUT2D eigenvalue weighted by atomic mass is 16.5. The van der Waals surface area contributed by atoms with Gasteiger partial charge in [0.05, 0.1) is 18.6 Å². The molecule has 0 saturated carbocycles. The maximum Gasteiger partial charge on any atom is 0.227 e. The highest BCUT2D eigenvalue weighted by Gasteiger charge is 2.32. The van der Waals surface area contributed by atoms with Crippen molar-refractivity contribution < 1.29 is 9.53 Å². The Morgan fingerprint density at radius 1 is 1.25 bits per heavy atom. The molecule has 7 nitrogen and oxygen atoms in total. The number of morpholine rings is 1. The molecule has 2 fully saturated rings. The molecule has 2 aliphatic heterocycles. The Morgan fingerprint density at radius 3 is 2.58 bits per heavy atom. The molecule has 1 amide bonds. The quantitative estimate of drug-likeness (QED) is 0.550. The van der Waals surface area contributed by atoms with E-state index in [0.717, 1.165) is 51.8 Å². The van der Waals surface area contributed by atoms with E-state index in [-0.39, 0.29) is 5.91 Å². The van der Waals surface area contributed by atoms with E-state index < -0.39 is 5.41 Å². The third kappa shape index (κ3) is 4.83. The smallest absolute Gasteiger partial charge is 0.227 e. The number of amides is 1. The summed E-state index contributed by atoms with van der Waals surface area (Å²) in [5.74, 6) is 0.962. The first-order valence-corrected chi connectivity index (χ1v) is 9.03. The number of hydrogen-bond donors (Lipinski definition) is 2.